The van der Waals surface area contributed by atoms with Crippen molar-refractivity contribution in [2.75, 3.05) is 13.2 Å². The van der Waals surface area contributed by atoms with Crippen LogP contribution in [0, 0.1) is 18.3 Å². The smallest absolute Gasteiger partial charge is 0.0897 e. The zero-order chi connectivity index (χ0) is 14.1. The zero-order valence-corrected chi connectivity index (χ0v) is 12.4. The van der Waals surface area contributed by atoms with Crippen LogP contribution < -0.4 is 5.32 Å². The van der Waals surface area contributed by atoms with Crippen molar-refractivity contribution in [3.8, 4) is 12.3 Å². The van der Waals surface area contributed by atoms with Crippen molar-refractivity contribution in [3.63, 3.8) is 0 Å². The van der Waals surface area contributed by atoms with Gasteiger partial charge in [-0.25, -0.2) is 0 Å². The highest BCUT2D eigenvalue weighted by Gasteiger charge is 2.22. The van der Waals surface area contributed by atoms with Gasteiger partial charge in [-0.05, 0) is 25.2 Å². The molecule has 0 spiro atoms. The molecule has 19 heavy (non-hydrogen) atoms. The predicted octanol–water partition coefficient (Wildman–Crippen LogP) is 2.33. The van der Waals surface area contributed by atoms with Gasteiger partial charge in [0.25, 0.3) is 0 Å². The maximum Gasteiger partial charge on any atom is 0.0897 e. The number of ether oxygens (including phenoxy) is 1. The Morgan fingerprint density at radius 3 is 2.79 bits per heavy atom. The van der Waals surface area contributed by atoms with Gasteiger partial charge in [0.1, 0.15) is 0 Å². The SMILES string of the molecule is C#CCC(CC)NCC(O)COC1CCCCC1C. The highest BCUT2D eigenvalue weighted by Crippen LogP contribution is 2.26. The lowest BCUT2D eigenvalue weighted by atomic mass is 9.88. The minimum Gasteiger partial charge on any atom is -0.389 e. The molecule has 0 aromatic carbocycles. The van der Waals surface area contributed by atoms with E-state index < -0.39 is 6.10 Å². The third kappa shape index (κ3) is 6.42. The van der Waals surface area contributed by atoms with Gasteiger partial charge in [0.2, 0.25) is 0 Å². The Morgan fingerprint density at radius 2 is 2.16 bits per heavy atom. The lowest BCUT2D eigenvalue weighted by molar-refractivity contribution is -0.0456. The molecular weight excluding hydrogens is 238 g/mol. The predicted molar refractivity (Wildman–Crippen MR) is 78.9 cm³/mol. The molecule has 3 heteroatoms. The molecule has 1 saturated carbocycles. The summed E-state index contributed by atoms with van der Waals surface area (Å²) < 4.78 is 5.85. The van der Waals surface area contributed by atoms with Gasteiger partial charge in [0, 0.05) is 19.0 Å². The van der Waals surface area contributed by atoms with Crippen molar-refractivity contribution in [3.05, 3.63) is 0 Å². The highest BCUT2D eigenvalue weighted by atomic mass is 16.5. The van der Waals surface area contributed by atoms with Crippen LogP contribution in [0.25, 0.3) is 0 Å². The van der Waals surface area contributed by atoms with E-state index in [1.807, 2.05) is 0 Å². The Hall–Kier alpha value is -0.560. The fourth-order valence-electron chi connectivity index (χ4n) is 2.63. The minimum atomic E-state index is -0.444. The molecule has 0 saturated heterocycles. The maximum atomic E-state index is 9.94. The van der Waals surface area contributed by atoms with Gasteiger partial charge in [-0.3, -0.25) is 0 Å². The van der Waals surface area contributed by atoms with E-state index in [0.717, 1.165) is 12.8 Å². The second-order valence-corrected chi connectivity index (χ2v) is 5.71. The molecule has 0 radical (unpaired) electrons. The van der Waals surface area contributed by atoms with Gasteiger partial charge in [-0.2, -0.15) is 0 Å². The van der Waals surface area contributed by atoms with Crippen LogP contribution in [0.1, 0.15) is 52.4 Å². The number of aliphatic hydroxyl groups is 1. The summed E-state index contributed by atoms with van der Waals surface area (Å²) in [5.74, 6) is 3.28. The quantitative estimate of drug-likeness (QED) is 0.663. The van der Waals surface area contributed by atoms with Crippen LogP contribution in [-0.2, 0) is 4.74 Å². The molecule has 4 unspecified atom stereocenters. The maximum absolute atomic E-state index is 9.94. The standard InChI is InChI=1S/C16H29NO2/c1-4-8-14(5-2)17-11-15(18)12-19-16-10-7-6-9-13(16)3/h1,13-18H,5-12H2,2-3H3. The molecule has 0 heterocycles. The van der Waals surface area contributed by atoms with Crippen LogP contribution in [0.5, 0.6) is 0 Å². The Bertz CT molecular complexity index is 274. The first-order valence-electron chi connectivity index (χ1n) is 7.63. The summed E-state index contributed by atoms with van der Waals surface area (Å²) in [5, 5.41) is 13.2. The molecular formula is C16H29NO2. The van der Waals surface area contributed by atoms with Crippen molar-refractivity contribution < 1.29 is 9.84 Å². The number of rotatable bonds is 8. The number of aliphatic hydroxyl groups excluding tert-OH is 1. The highest BCUT2D eigenvalue weighted by molar-refractivity contribution is 4.89. The summed E-state index contributed by atoms with van der Waals surface area (Å²) in [6.45, 7) is 5.33. The van der Waals surface area contributed by atoms with Crippen molar-refractivity contribution in [2.45, 2.75) is 70.6 Å². The topological polar surface area (TPSA) is 41.5 Å². The first-order chi connectivity index (χ1) is 9.17. The molecule has 1 fully saturated rings. The fraction of sp³-hybridized carbons (Fsp3) is 0.875. The van der Waals surface area contributed by atoms with Crippen molar-refractivity contribution in [1.82, 2.24) is 5.32 Å². The summed E-state index contributed by atoms with van der Waals surface area (Å²) in [4.78, 5) is 0. The molecule has 1 aliphatic rings. The molecule has 3 nitrogen and oxygen atoms in total. The Kier molecular flexibility index (Phi) is 8.13. The molecule has 0 amide bonds. The van der Waals surface area contributed by atoms with E-state index in [1.54, 1.807) is 0 Å². The van der Waals surface area contributed by atoms with Crippen LogP contribution in [-0.4, -0.2) is 36.5 Å². The van der Waals surface area contributed by atoms with Gasteiger partial charge in [0.15, 0.2) is 0 Å². The minimum absolute atomic E-state index is 0.299. The van der Waals surface area contributed by atoms with Crippen LogP contribution in [0.3, 0.4) is 0 Å². The molecule has 110 valence electrons. The van der Waals surface area contributed by atoms with Gasteiger partial charge in [-0.15, -0.1) is 12.3 Å². The van der Waals surface area contributed by atoms with Crippen molar-refractivity contribution in [2.24, 2.45) is 5.92 Å². The van der Waals surface area contributed by atoms with Crippen molar-refractivity contribution in [1.29, 1.82) is 0 Å². The second-order valence-electron chi connectivity index (χ2n) is 5.71. The molecule has 2 N–H and O–H groups in total. The first kappa shape index (κ1) is 16.5. The molecule has 0 bridgehead atoms. The Balaban J connectivity index is 2.16. The lowest BCUT2D eigenvalue weighted by Gasteiger charge is -2.29. The molecule has 0 aromatic heterocycles. The lowest BCUT2D eigenvalue weighted by Crippen LogP contribution is -2.38. The van der Waals surface area contributed by atoms with E-state index >= 15 is 0 Å². The average molecular weight is 267 g/mol. The Labute approximate surface area is 118 Å². The number of hydrogen-bond donors (Lipinski definition) is 2. The van der Waals surface area contributed by atoms with Crippen LogP contribution >= 0.6 is 0 Å². The average Bonchev–Trinajstić information content (AvgIpc) is 2.42. The normalized spacial score (nSPS) is 26.6. The third-order valence-electron chi connectivity index (χ3n) is 4.03. The van der Waals surface area contributed by atoms with Crippen LogP contribution in [0.15, 0.2) is 0 Å². The van der Waals surface area contributed by atoms with E-state index in [4.69, 9.17) is 11.2 Å². The molecule has 0 aromatic rings. The monoisotopic (exact) mass is 267 g/mol. The first-order valence-corrected chi connectivity index (χ1v) is 7.63. The number of hydrogen-bond acceptors (Lipinski definition) is 3. The van der Waals surface area contributed by atoms with E-state index in [0.29, 0.717) is 37.6 Å². The van der Waals surface area contributed by atoms with E-state index in [1.165, 1.54) is 19.3 Å². The van der Waals surface area contributed by atoms with Gasteiger partial charge in [-0.1, -0.05) is 26.7 Å². The van der Waals surface area contributed by atoms with Crippen LogP contribution in [0.2, 0.25) is 0 Å². The summed E-state index contributed by atoms with van der Waals surface area (Å²) >= 11 is 0. The summed E-state index contributed by atoms with van der Waals surface area (Å²) in [6.07, 6.45) is 11.8. The molecule has 1 aliphatic carbocycles. The largest absolute Gasteiger partial charge is 0.389 e. The fourth-order valence-corrected chi connectivity index (χ4v) is 2.63. The molecule has 0 aliphatic heterocycles. The summed E-state index contributed by atoms with van der Waals surface area (Å²) in [5.41, 5.74) is 0. The van der Waals surface area contributed by atoms with Crippen LogP contribution in [0.4, 0.5) is 0 Å². The second kappa shape index (κ2) is 9.36. The summed E-state index contributed by atoms with van der Waals surface area (Å²) in [6, 6.07) is 0.299. The van der Waals surface area contributed by atoms with Gasteiger partial charge >= 0.3 is 0 Å². The van der Waals surface area contributed by atoms with E-state index in [9.17, 15) is 5.11 Å². The number of terminal acetylenes is 1. The van der Waals surface area contributed by atoms with E-state index in [2.05, 4.69) is 25.1 Å². The zero-order valence-electron chi connectivity index (χ0n) is 12.4. The van der Waals surface area contributed by atoms with E-state index in [-0.39, 0.29) is 0 Å². The van der Waals surface area contributed by atoms with Crippen molar-refractivity contribution >= 4 is 0 Å². The molecule has 4 atom stereocenters. The third-order valence-corrected chi connectivity index (χ3v) is 4.03. The number of nitrogens with one attached hydrogen (secondary N) is 1. The Morgan fingerprint density at radius 1 is 1.42 bits per heavy atom. The molecule has 1 rings (SSSR count). The van der Waals surface area contributed by atoms with Gasteiger partial charge < -0.3 is 15.2 Å². The summed E-state index contributed by atoms with van der Waals surface area (Å²) in [7, 11) is 0. The van der Waals surface area contributed by atoms with Gasteiger partial charge in [0.05, 0.1) is 18.8 Å².